The number of furan rings is 1. The number of anilines is 3. The lowest BCUT2D eigenvalue weighted by Crippen LogP contribution is -2.26. The molecule has 1 aromatic heterocycles. The molecular formula is C73H49NO. The van der Waals surface area contributed by atoms with E-state index in [2.05, 4.69) is 257 Å². The molecule has 0 saturated heterocycles. The van der Waals surface area contributed by atoms with Crippen molar-refractivity contribution in [3.63, 3.8) is 0 Å². The van der Waals surface area contributed by atoms with Crippen molar-refractivity contribution in [2.75, 3.05) is 4.90 Å². The first-order valence-electron chi connectivity index (χ1n) is 26.6. The van der Waals surface area contributed by atoms with Crippen LogP contribution in [0.2, 0.25) is 0 Å². The predicted molar refractivity (Wildman–Crippen MR) is 311 cm³/mol. The fourth-order valence-corrected chi connectivity index (χ4v) is 15.2. The third kappa shape index (κ3) is 5.10. The molecule has 0 radical (unpaired) electrons. The Labute approximate surface area is 436 Å². The van der Waals surface area contributed by atoms with Gasteiger partial charge in [-0.05, 0) is 176 Å². The van der Waals surface area contributed by atoms with E-state index < -0.39 is 5.41 Å². The van der Waals surface area contributed by atoms with E-state index in [1.807, 2.05) is 0 Å². The molecule has 1 heterocycles. The van der Waals surface area contributed by atoms with Gasteiger partial charge in [0.1, 0.15) is 11.2 Å². The summed E-state index contributed by atoms with van der Waals surface area (Å²) in [5.41, 5.74) is 28.1. The van der Waals surface area contributed by atoms with E-state index in [9.17, 15) is 0 Å². The third-order valence-electron chi connectivity index (χ3n) is 18.4. The van der Waals surface area contributed by atoms with Crippen LogP contribution in [0.1, 0.15) is 72.2 Å². The summed E-state index contributed by atoms with van der Waals surface area (Å²) in [6, 6.07) is 85.5. The Hall–Kier alpha value is -8.98. The van der Waals surface area contributed by atoms with Crippen molar-refractivity contribution >= 4 is 60.5 Å². The average Bonchev–Trinajstić information content (AvgIpc) is 4.39. The third-order valence-corrected chi connectivity index (χ3v) is 18.4. The van der Waals surface area contributed by atoms with Crippen LogP contribution in [0, 0.1) is 0 Å². The van der Waals surface area contributed by atoms with E-state index in [1.165, 1.54) is 132 Å². The highest BCUT2D eigenvalue weighted by molar-refractivity contribution is 6.33. The van der Waals surface area contributed by atoms with Crippen LogP contribution >= 0.6 is 0 Å². The van der Waals surface area contributed by atoms with Crippen LogP contribution in [0.5, 0.6) is 0 Å². The Bertz CT molecular complexity index is 4520. The van der Waals surface area contributed by atoms with Gasteiger partial charge >= 0.3 is 0 Å². The molecule has 0 fully saturated rings. The van der Waals surface area contributed by atoms with Crippen molar-refractivity contribution in [3.8, 4) is 55.6 Å². The van der Waals surface area contributed by atoms with Gasteiger partial charge in [-0.1, -0.05) is 198 Å². The van der Waals surface area contributed by atoms with Gasteiger partial charge in [0.2, 0.25) is 0 Å². The molecule has 17 rings (SSSR count). The second kappa shape index (κ2) is 14.2. The van der Waals surface area contributed by atoms with Crippen LogP contribution < -0.4 is 4.90 Å². The molecule has 0 amide bonds. The molecule has 75 heavy (non-hydrogen) atoms. The number of benzene rings is 12. The Morgan fingerprint density at radius 2 is 0.720 bits per heavy atom. The molecule has 0 aliphatic heterocycles. The summed E-state index contributed by atoms with van der Waals surface area (Å²) in [7, 11) is 0. The van der Waals surface area contributed by atoms with E-state index in [4.69, 9.17) is 4.42 Å². The minimum absolute atomic E-state index is 0.163. The highest BCUT2D eigenvalue weighted by atomic mass is 16.3. The monoisotopic (exact) mass is 955 g/mol. The molecule has 0 saturated carbocycles. The summed E-state index contributed by atoms with van der Waals surface area (Å²) in [6.07, 6.45) is 0. The molecule has 0 atom stereocenters. The summed E-state index contributed by atoms with van der Waals surface area (Å²) >= 11 is 0. The maximum Gasteiger partial charge on any atom is 0.136 e. The minimum Gasteiger partial charge on any atom is -0.456 e. The van der Waals surface area contributed by atoms with Gasteiger partial charge in [-0.3, -0.25) is 0 Å². The summed E-state index contributed by atoms with van der Waals surface area (Å²) < 4.78 is 6.47. The van der Waals surface area contributed by atoms with E-state index in [-0.39, 0.29) is 10.8 Å². The quantitative estimate of drug-likeness (QED) is 0.163. The zero-order chi connectivity index (χ0) is 49.7. The second-order valence-electron chi connectivity index (χ2n) is 22.7. The van der Waals surface area contributed by atoms with Gasteiger partial charge in [0.05, 0.1) is 5.41 Å². The van der Waals surface area contributed by atoms with Gasteiger partial charge in [0.25, 0.3) is 0 Å². The Morgan fingerprint density at radius 3 is 1.28 bits per heavy atom. The second-order valence-corrected chi connectivity index (χ2v) is 22.7. The molecule has 1 spiro atoms. The van der Waals surface area contributed by atoms with Gasteiger partial charge in [-0.25, -0.2) is 0 Å². The Morgan fingerprint density at radius 1 is 0.293 bits per heavy atom. The Kier molecular flexibility index (Phi) is 7.85. The fourth-order valence-electron chi connectivity index (χ4n) is 15.2. The lowest BCUT2D eigenvalue weighted by atomic mass is 9.70. The molecule has 0 unspecified atom stereocenters. The predicted octanol–water partition coefficient (Wildman–Crippen LogP) is 19.4. The van der Waals surface area contributed by atoms with Crippen LogP contribution in [0.4, 0.5) is 17.1 Å². The van der Waals surface area contributed by atoms with E-state index >= 15 is 0 Å². The van der Waals surface area contributed by atoms with Gasteiger partial charge in [0.15, 0.2) is 0 Å². The maximum absolute atomic E-state index is 6.47. The molecule has 0 bridgehead atoms. The van der Waals surface area contributed by atoms with Gasteiger partial charge < -0.3 is 9.32 Å². The van der Waals surface area contributed by atoms with Crippen molar-refractivity contribution in [2.45, 2.75) is 43.9 Å². The summed E-state index contributed by atoms with van der Waals surface area (Å²) in [5, 5.41) is 7.38. The summed E-state index contributed by atoms with van der Waals surface area (Å²) in [5.74, 6) is 0. The zero-order valence-corrected chi connectivity index (χ0v) is 42.2. The van der Waals surface area contributed by atoms with Crippen LogP contribution in [-0.2, 0) is 16.2 Å². The first-order chi connectivity index (χ1) is 36.7. The molecule has 2 heteroatoms. The van der Waals surface area contributed by atoms with Crippen molar-refractivity contribution < 1.29 is 4.42 Å². The normalized spacial score (nSPS) is 15.3. The first kappa shape index (κ1) is 41.5. The molecule has 4 aliphatic carbocycles. The molecule has 0 N–H and O–H groups in total. The van der Waals surface area contributed by atoms with Gasteiger partial charge in [-0.2, -0.15) is 0 Å². The smallest absolute Gasteiger partial charge is 0.136 e. The molecule has 352 valence electrons. The largest absolute Gasteiger partial charge is 0.456 e. The van der Waals surface area contributed by atoms with Crippen molar-refractivity contribution in [3.05, 3.63) is 269 Å². The minimum atomic E-state index is -0.570. The van der Waals surface area contributed by atoms with Crippen molar-refractivity contribution in [1.29, 1.82) is 0 Å². The van der Waals surface area contributed by atoms with Crippen LogP contribution in [0.15, 0.2) is 229 Å². The topological polar surface area (TPSA) is 16.4 Å². The lowest BCUT2D eigenvalue weighted by molar-refractivity contribution is 0.660. The SMILES string of the molecule is CC1(C)c2ccccc2-c2ccc(N(c3ccc4c(c3)C(C)(C)c3ccccc3-4)c3ccc4c(c3)C3(c5ccccc5-c5ccccc53)c3cccc(-c5ccc6c(c5)c5cccc7oc8cccc6c8c75)c3-4)cc21. The number of hydrogen-bond donors (Lipinski definition) is 0. The number of rotatable bonds is 4. The standard InChI is InChI=1S/C73H49NO/c1-71(2)58-23-9-5-16-48(58)52-35-31-43(39-63(52)71)74(44-32-36-53-49-17-6-10-24-59(49)72(3,4)64(53)40-44)45-33-37-56-65(41-45)73(60-25-11-7-18-50(60)51-19-8-12-26-61(51)73)62-27-13-20-46(68(56)62)42-30-34-47-54-21-14-28-66-69(54)70-55(57(47)38-42)22-15-29-67(70)75-66/h5-41H,1-4H3. The average molecular weight is 956 g/mol. The molecule has 4 aliphatic rings. The molecular weight excluding hydrogens is 907 g/mol. The maximum atomic E-state index is 6.47. The van der Waals surface area contributed by atoms with Crippen LogP contribution in [0.3, 0.4) is 0 Å². The van der Waals surface area contributed by atoms with E-state index in [0.29, 0.717) is 0 Å². The molecule has 12 aromatic carbocycles. The molecule has 13 aromatic rings. The van der Waals surface area contributed by atoms with E-state index in [1.54, 1.807) is 0 Å². The summed E-state index contributed by atoms with van der Waals surface area (Å²) in [6.45, 7) is 9.56. The molecule has 2 nitrogen and oxygen atoms in total. The van der Waals surface area contributed by atoms with Crippen molar-refractivity contribution in [2.24, 2.45) is 0 Å². The summed E-state index contributed by atoms with van der Waals surface area (Å²) in [4.78, 5) is 2.55. The van der Waals surface area contributed by atoms with E-state index in [0.717, 1.165) is 28.2 Å². The van der Waals surface area contributed by atoms with Crippen molar-refractivity contribution in [1.82, 2.24) is 0 Å². The lowest BCUT2D eigenvalue weighted by Gasteiger charge is -2.33. The number of fused-ring (bicyclic) bond motifs is 19. The first-order valence-corrected chi connectivity index (χ1v) is 26.6. The highest BCUT2D eigenvalue weighted by Gasteiger charge is 2.52. The van der Waals surface area contributed by atoms with Gasteiger partial charge in [-0.15, -0.1) is 0 Å². The highest BCUT2D eigenvalue weighted by Crippen LogP contribution is 2.65. The zero-order valence-electron chi connectivity index (χ0n) is 42.2. The number of nitrogens with zero attached hydrogens (tertiary/aromatic N) is 1. The van der Waals surface area contributed by atoms with Gasteiger partial charge in [0, 0.05) is 38.7 Å². The van der Waals surface area contributed by atoms with Crippen LogP contribution in [0.25, 0.3) is 99.1 Å². The Balaban J connectivity index is 0.931. The number of hydrogen-bond acceptors (Lipinski definition) is 2. The van der Waals surface area contributed by atoms with Crippen LogP contribution in [-0.4, -0.2) is 0 Å². The fraction of sp³-hybridized carbons (Fsp3) is 0.0959.